The Hall–Kier alpha value is -2.51. The minimum absolute atomic E-state index is 0.317. The van der Waals surface area contributed by atoms with Crippen molar-refractivity contribution in [1.29, 1.82) is 0 Å². The van der Waals surface area contributed by atoms with Crippen molar-refractivity contribution in [2.75, 3.05) is 31.4 Å². The van der Waals surface area contributed by atoms with Crippen LogP contribution in [-0.2, 0) is 14.6 Å². The Morgan fingerprint density at radius 2 is 1.71 bits per heavy atom. The average Bonchev–Trinajstić information content (AvgIpc) is 2.72. The van der Waals surface area contributed by atoms with Gasteiger partial charge in [0.1, 0.15) is 0 Å². The molecule has 1 aliphatic heterocycles. The molecule has 146 valence electrons. The van der Waals surface area contributed by atoms with Gasteiger partial charge in [0.2, 0.25) is 0 Å². The summed E-state index contributed by atoms with van der Waals surface area (Å²) in [5.74, 6) is 0. The van der Waals surface area contributed by atoms with E-state index in [-0.39, 0.29) is 0 Å². The van der Waals surface area contributed by atoms with Crippen LogP contribution in [0, 0.1) is 0 Å². The van der Waals surface area contributed by atoms with E-state index in [0.29, 0.717) is 10.9 Å². The molecule has 28 heavy (non-hydrogen) atoms. The van der Waals surface area contributed by atoms with Crippen LogP contribution in [0.1, 0.15) is 12.8 Å². The number of rotatable bonds is 4. The lowest BCUT2D eigenvalue weighted by Crippen LogP contribution is -2.36. The van der Waals surface area contributed by atoms with Crippen molar-refractivity contribution >= 4 is 26.4 Å². The molecule has 0 bridgehead atoms. The highest BCUT2D eigenvalue weighted by Gasteiger charge is 2.20. The molecule has 4 rings (SSSR count). The third kappa shape index (κ3) is 3.72. The molecule has 0 saturated carbocycles. The molecular weight excluding hydrogens is 374 g/mol. The minimum Gasteiger partial charge on any atom is -0.381 e. The first-order valence-electron chi connectivity index (χ1n) is 9.30. The van der Waals surface area contributed by atoms with Gasteiger partial charge >= 0.3 is 0 Å². The Morgan fingerprint density at radius 1 is 1.04 bits per heavy atom. The van der Waals surface area contributed by atoms with Gasteiger partial charge < -0.3 is 9.64 Å². The van der Waals surface area contributed by atoms with Gasteiger partial charge in [-0.3, -0.25) is 0 Å². The van der Waals surface area contributed by atoms with Crippen molar-refractivity contribution in [2.45, 2.75) is 23.8 Å². The van der Waals surface area contributed by atoms with Crippen LogP contribution < -0.4 is 4.90 Å². The highest BCUT2D eigenvalue weighted by atomic mass is 32.2. The number of hydrogen-bond acceptors (Lipinski definition) is 6. The molecular formula is C21H23N3O3S. The molecule has 0 aliphatic carbocycles. The van der Waals surface area contributed by atoms with Gasteiger partial charge in [-0.25, -0.2) is 8.42 Å². The van der Waals surface area contributed by atoms with E-state index in [9.17, 15) is 8.42 Å². The van der Waals surface area contributed by atoms with Crippen LogP contribution in [0.4, 0.5) is 5.69 Å². The summed E-state index contributed by atoms with van der Waals surface area (Å²) in [7, 11) is -1.10. The predicted octanol–water partition coefficient (Wildman–Crippen LogP) is 3.32. The number of hydrogen-bond donors (Lipinski definition) is 0. The molecule has 6 nitrogen and oxygen atoms in total. The third-order valence-corrected chi connectivity index (χ3v) is 6.48. The van der Waals surface area contributed by atoms with Crippen LogP contribution in [-0.4, -0.2) is 51.2 Å². The number of nitrogens with zero attached hydrogens (tertiary/aromatic N) is 3. The number of sulfone groups is 1. The summed E-state index contributed by atoms with van der Waals surface area (Å²) < 4.78 is 28.8. The number of anilines is 1. The SMILES string of the molecule is CN(c1cnnc2cc(-c3ccc(S(C)(=O)=O)cc3)ccc12)C1CCOCC1. The summed E-state index contributed by atoms with van der Waals surface area (Å²) in [5, 5.41) is 9.58. The molecule has 1 aliphatic rings. The van der Waals surface area contributed by atoms with Crippen LogP contribution in [0.3, 0.4) is 0 Å². The van der Waals surface area contributed by atoms with Crippen molar-refractivity contribution in [3.05, 3.63) is 48.7 Å². The number of fused-ring (bicyclic) bond motifs is 1. The Labute approximate surface area is 165 Å². The van der Waals surface area contributed by atoms with Crippen LogP contribution in [0.15, 0.2) is 53.6 Å². The van der Waals surface area contributed by atoms with Crippen molar-refractivity contribution < 1.29 is 13.2 Å². The molecule has 0 spiro atoms. The average molecular weight is 398 g/mol. The van der Waals surface area contributed by atoms with Crippen molar-refractivity contribution in [1.82, 2.24) is 10.2 Å². The van der Waals surface area contributed by atoms with Crippen LogP contribution in [0.25, 0.3) is 22.0 Å². The van der Waals surface area contributed by atoms with E-state index in [1.54, 1.807) is 12.1 Å². The lowest BCUT2D eigenvalue weighted by molar-refractivity contribution is 0.0855. The first-order chi connectivity index (χ1) is 13.4. The molecule has 1 fully saturated rings. The lowest BCUT2D eigenvalue weighted by Gasteiger charge is -2.33. The third-order valence-electron chi connectivity index (χ3n) is 5.35. The molecule has 2 aromatic carbocycles. The maximum Gasteiger partial charge on any atom is 0.175 e. The Kier molecular flexibility index (Phi) is 5.03. The van der Waals surface area contributed by atoms with E-state index in [1.807, 2.05) is 30.5 Å². The van der Waals surface area contributed by atoms with Gasteiger partial charge in [-0.05, 0) is 48.2 Å². The van der Waals surface area contributed by atoms with E-state index >= 15 is 0 Å². The quantitative estimate of drug-likeness (QED) is 0.673. The summed E-state index contributed by atoms with van der Waals surface area (Å²) >= 11 is 0. The van der Waals surface area contributed by atoms with Crippen molar-refractivity contribution in [3.8, 4) is 11.1 Å². The molecule has 2 heterocycles. The van der Waals surface area contributed by atoms with E-state index in [2.05, 4.69) is 28.2 Å². The van der Waals surface area contributed by atoms with Gasteiger partial charge in [0.15, 0.2) is 9.84 Å². The highest BCUT2D eigenvalue weighted by Crippen LogP contribution is 2.31. The maximum absolute atomic E-state index is 11.7. The van der Waals surface area contributed by atoms with Crippen LogP contribution in [0.2, 0.25) is 0 Å². The normalized spacial score (nSPS) is 15.6. The van der Waals surface area contributed by atoms with Gasteiger partial charge in [-0.2, -0.15) is 10.2 Å². The predicted molar refractivity (Wildman–Crippen MR) is 110 cm³/mol. The Balaban J connectivity index is 1.68. The fourth-order valence-corrected chi connectivity index (χ4v) is 4.30. The molecule has 7 heteroatoms. The minimum atomic E-state index is -3.20. The zero-order valence-corrected chi connectivity index (χ0v) is 16.8. The fraction of sp³-hybridized carbons (Fsp3) is 0.333. The lowest BCUT2D eigenvalue weighted by atomic mass is 10.0. The van der Waals surface area contributed by atoms with Crippen LogP contribution in [0.5, 0.6) is 0 Å². The highest BCUT2D eigenvalue weighted by molar-refractivity contribution is 7.90. The molecule has 0 N–H and O–H groups in total. The number of benzene rings is 2. The van der Waals surface area contributed by atoms with Gasteiger partial charge in [0.25, 0.3) is 0 Å². The molecule has 1 aromatic heterocycles. The molecule has 3 aromatic rings. The number of ether oxygens (including phenoxy) is 1. The molecule has 0 atom stereocenters. The van der Waals surface area contributed by atoms with E-state index in [4.69, 9.17) is 4.74 Å². The van der Waals surface area contributed by atoms with Gasteiger partial charge in [-0.15, -0.1) is 0 Å². The van der Waals surface area contributed by atoms with Crippen molar-refractivity contribution in [2.24, 2.45) is 0 Å². The van der Waals surface area contributed by atoms with Gasteiger partial charge in [0.05, 0.1) is 22.3 Å². The Bertz CT molecular complexity index is 1090. The first kappa shape index (κ1) is 18.8. The summed E-state index contributed by atoms with van der Waals surface area (Å²) in [6.07, 6.45) is 5.04. The monoisotopic (exact) mass is 397 g/mol. The molecule has 0 amide bonds. The standard InChI is InChI=1S/C21H23N3O3S/c1-24(17-9-11-27-12-10-17)21-14-22-23-20-13-16(5-8-19(20)21)15-3-6-18(7-4-15)28(2,25)26/h3-8,13-14,17H,9-12H2,1-2H3. The van der Waals surface area contributed by atoms with Crippen LogP contribution >= 0.6 is 0 Å². The second-order valence-corrected chi connectivity index (χ2v) is 9.23. The second-order valence-electron chi connectivity index (χ2n) is 7.21. The van der Waals surface area contributed by atoms with E-state index in [0.717, 1.165) is 53.8 Å². The van der Waals surface area contributed by atoms with Gasteiger partial charge in [-0.1, -0.05) is 18.2 Å². The van der Waals surface area contributed by atoms with Gasteiger partial charge in [0, 0.05) is 37.9 Å². The number of aromatic nitrogens is 2. The molecule has 0 radical (unpaired) electrons. The Morgan fingerprint density at radius 3 is 2.39 bits per heavy atom. The smallest absolute Gasteiger partial charge is 0.175 e. The largest absolute Gasteiger partial charge is 0.381 e. The summed E-state index contributed by atoms with van der Waals surface area (Å²) in [4.78, 5) is 2.59. The topological polar surface area (TPSA) is 72.4 Å². The van der Waals surface area contributed by atoms with Crippen molar-refractivity contribution in [3.63, 3.8) is 0 Å². The summed E-state index contributed by atoms with van der Waals surface area (Å²) in [5.41, 5.74) is 3.81. The van der Waals surface area contributed by atoms with E-state index < -0.39 is 9.84 Å². The molecule has 1 saturated heterocycles. The second kappa shape index (κ2) is 7.48. The first-order valence-corrected chi connectivity index (χ1v) is 11.2. The summed E-state index contributed by atoms with van der Waals surface area (Å²) in [6, 6.07) is 13.5. The maximum atomic E-state index is 11.7. The zero-order chi connectivity index (χ0) is 19.7. The fourth-order valence-electron chi connectivity index (χ4n) is 3.67. The van der Waals surface area contributed by atoms with E-state index in [1.165, 1.54) is 6.26 Å². The molecule has 0 unspecified atom stereocenters. The zero-order valence-electron chi connectivity index (χ0n) is 16.0. The summed E-state index contributed by atoms with van der Waals surface area (Å²) in [6.45, 7) is 1.58.